The lowest BCUT2D eigenvalue weighted by Gasteiger charge is -1.98. The molecule has 0 aromatic heterocycles. The average molecular weight is 116 g/mol. The Balaban J connectivity index is 3.54. The summed E-state index contributed by atoms with van der Waals surface area (Å²) < 4.78 is 41.8. The number of hydrogen-bond donors (Lipinski definition) is 0. The van der Waals surface area contributed by atoms with E-state index in [2.05, 4.69) is 0 Å². The van der Waals surface area contributed by atoms with Gasteiger partial charge in [-0.05, 0) is 0 Å². The molecule has 0 aliphatic heterocycles. The Morgan fingerprint density at radius 3 is 1.43 bits per heavy atom. The smallest absolute Gasteiger partial charge is 0.189 e. The van der Waals surface area contributed by atoms with E-state index in [0.29, 0.717) is 0 Å². The minimum absolute atomic E-state index is 3.40. The summed E-state index contributed by atoms with van der Waals surface area (Å²) in [5, 5.41) is 8.68. The van der Waals surface area contributed by atoms with Crippen molar-refractivity contribution in [3.63, 3.8) is 0 Å². The highest BCUT2D eigenvalue weighted by molar-refractivity contribution is 4.68. The van der Waals surface area contributed by atoms with Crippen LogP contribution in [0.25, 0.3) is 0 Å². The van der Waals surface area contributed by atoms with Crippen LogP contribution in [-0.4, -0.2) is 6.11 Å². The summed E-state index contributed by atoms with van der Waals surface area (Å²) in [6.07, 6.45) is -8.56. The van der Waals surface area contributed by atoms with Gasteiger partial charge in [0.1, 0.15) is 0 Å². The number of hydrogen-bond acceptors (Lipinski definition) is 0. The molecule has 5 heteroatoms. The van der Waals surface area contributed by atoms with Crippen molar-refractivity contribution in [2.75, 3.05) is 0 Å². The molecule has 0 aliphatic rings. The fraction of sp³-hybridized carbons (Fsp3) is 0.500. The minimum Gasteiger partial charge on any atom is -0.189 e. The fourth-order valence-corrected chi connectivity index (χ4v) is 0. The van der Waals surface area contributed by atoms with Crippen molar-refractivity contribution in [2.24, 2.45) is 0 Å². The molecule has 0 bridgehead atoms. The Bertz CT molecular complexity index is 55.2. The van der Waals surface area contributed by atoms with Crippen molar-refractivity contribution in [3.05, 3.63) is 6.43 Å². The normalized spacial score (nSPS) is 12.9. The van der Waals surface area contributed by atoms with Gasteiger partial charge in [-0.15, -0.1) is 0 Å². The van der Waals surface area contributed by atoms with Crippen LogP contribution in [0, 0.1) is 6.43 Å². The Kier molecular flexibility index (Phi) is 1.58. The van der Waals surface area contributed by atoms with Gasteiger partial charge in [-0.25, -0.2) is 0 Å². The third-order valence-electron chi connectivity index (χ3n) is 0.220. The first kappa shape index (κ1) is 6.68. The van der Waals surface area contributed by atoms with E-state index in [9.17, 15) is 17.6 Å². The summed E-state index contributed by atoms with van der Waals surface area (Å²) in [6, 6.07) is 0. The molecule has 2 radical (unpaired) electrons. The first-order chi connectivity index (χ1) is 2.94. The van der Waals surface area contributed by atoms with Gasteiger partial charge in [0.15, 0.2) is 0 Å². The Labute approximate surface area is 36.6 Å². The van der Waals surface area contributed by atoms with Gasteiger partial charge in [0, 0.05) is 0 Å². The van der Waals surface area contributed by atoms with E-state index < -0.39 is 12.5 Å². The highest BCUT2D eigenvalue weighted by Gasteiger charge is 2.42. The van der Waals surface area contributed by atoms with Crippen LogP contribution in [0.4, 0.5) is 17.6 Å². The molecule has 1 nitrogen and oxygen atoms in total. The molecule has 0 N–H and O–H groups in total. The van der Waals surface area contributed by atoms with Crippen LogP contribution in [0.15, 0.2) is 0 Å². The molecule has 0 fully saturated rings. The van der Waals surface area contributed by atoms with E-state index in [0.717, 1.165) is 0 Å². The van der Waals surface area contributed by atoms with E-state index in [1.165, 1.54) is 0 Å². The zero-order chi connectivity index (χ0) is 6.08. The number of rotatable bonds is 1. The molecular formula is C2F4O. The second-order valence-corrected chi connectivity index (χ2v) is 0.777. The third-order valence-corrected chi connectivity index (χ3v) is 0.220. The Hall–Kier alpha value is -0.320. The molecule has 0 aromatic rings. The van der Waals surface area contributed by atoms with E-state index in [1.807, 2.05) is 0 Å². The van der Waals surface area contributed by atoms with Crippen LogP contribution in [0.1, 0.15) is 0 Å². The predicted molar refractivity (Wildman–Crippen MR) is 11.1 cm³/mol. The van der Waals surface area contributed by atoms with Crippen LogP contribution >= 0.6 is 0 Å². The van der Waals surface area contributed by atoms with Crippen molar-refractivity contribution >= 4 is 0 Å². The molecule has 0 saturated heterocycles. The first-order valence-electron chi connectivity index (χ1n) is 1.21. The summed E-state index contributed by atoms with van der Waals surface area (Å²) in [5.41, 5.74) is 0. The van der Waals surface area contributed by atoms with Crippen molar-refractivity contribution in [1.29, 1.82) is 0 Å². The van der Waals surface area contributed by atoms with Crippen molar-refractivity contribution < 1.29 is 22.7 Å². The largest absolute Gasteiger partial charge is 0.452 e. The van der Waals surface area contributed by atoms with Crippen molar-refractivity contribution in [2.45, 2.75) is 6.11 Å². The average Bonchev–Trinajstić information content (AvgIpc) is 1.31. The fourth-order valence-electron chi connectivity index (χ4n) is 0. The summed E-state index contributed by atoms with van der Waals surface area (Å²) in [7, 11) is 0. The predicted octanol–water partition coefficient (Wildman–Crippen LogP) is 1.44. The number of halogens is 4. The summed E-state index contributed by atoms with van der Waals surface area (Å²) in [5.74, 6) is 0. The maximum atomic E-state index is 10.5. The first-order valence-corrected chi connectivity index (χ1v) is 1.21. The molecular weight excluding hydrogens is 116 g/mol. The molecule has 0 rings (SSSR count). The van der Waals surface area contributed by atoms with Gasteiger partial charge in [0.05, 0.1) is 0 Å². The lowest BCUT2D eigenvalue weighted by Crippen LogP contribution is -2.16. The SMILES string of the molecule is [O]C(F)(F)[C](F)F. The quantitative estimate of drug-likeness (QED) is 0.462. The van der Waals surface area contributed by atoms with Gasteiger partial charge in [0.2, 0.25) is 0 Å². The molecule has 0 spiro atoms. The van der Waals surface area contributed by atoms with Gasteiger partial charge in [-0.1, -0.05) is 0 Å². The zero-order valence-corrected chi connectivity index (χ0v) is 2.92. The maximum absolute atomic E-state index is 10.5. The van der Waals surface area contributed by atoms with Crippen LogP contribution in [-0.2, 0) is 5.11 Å². The van der Waals surface area contributed by atoms with E-state index >= 15 is 0 Å². The Morgan fingerprint density at radius 1 is 1.29 bits per heavy atom. The van der Waals surface area contributed by atoms with E-state index in [-0.39, 0.29) is 0 Å². The molecule has 0 aliphatic carbocycles. The third kappa shape index (κ3) is 2.38. The summed E-state index contributed by atoms with van der Waals surface area (Å²) in [4.78, 5) is 0. The summed E-state index contributed by atoms with van der Waals surface area (Å²) >= 11 is 0. The summed E-state index contributed by atoms with van der Waals surface area (Å²) in [6.45, 7) is 0. The van der Waals surface area contributed by atoms with Crippen molar-refractivity contribution in [1.82, 2.24) is 0 Å². The van der Waals surface area contributed by atoms with E-state index in [4.69, 9.17) is 5.11 Å². The molecule has 0 amide bonds. The number of alkyl halides is 2. The lowest BCUT2D eigenvalue weighted by molar-refractivity contribution is -0.263. The van der Waals surface area contributed by atoms with Crippen LogP contribution in [0.3, 0.4) is 0 Å². The van der Waals surface area contributed by atoms with Gasteiger partial charge in [-0.2, -0.15) is 22.7 Å². The highest BCUT2D eigenvalue weighted by atomic mass is 19.3. The van der Waals surface area contributed by atoms with Gasteiger partial charge in [-0.3, -0.25) is 0 Å². The molecule has 42 valence electrons. The molecule has 0 atom stereocenters. The topological polar surface area (TPSA) is 19.9 Å². The van der Waals surface area contributed by atoms with Gasteiger partial charge >= 0.3 is 12.5 Å². The van der Waals surface area contributed by atoms with E-state index in [1.54, 1.807) is 0 Å². The Morgan fingerprint density at radius 2 is 1.43 bits per heavy atom. The van der Waals surface area contributed by atoms with Crippen LogP contribution in [0.5, 0.6) is 0 Å². The second kappa shape index (κ2) is 1.65. The minimum atomic E-state index is -5.17. The molecule has 0 aromatic carbocycles. The van der Waals surface area contributed by atoms with Gasteiger partial charge < -0.3 is 0 Å². The van der Waals surface area contributed by atoms with Crippen LogP contribution in [0.2, 0.25) is 0 Å². The molecule has 0 heterocycles. The zero-order valence-electron chi connectivity index (χ0n) is 2.92. The standard InChI is InChI=1S/C2F4O/c3-1(4)2(5,6)7. The lowest BCUT2D eigenvalue weighted by atomic mass is 10.7. The van der Waals surface area contributed by atoms with Gasteiger partial charge in [0.25, 0.3) is 0 Å². The molecule has 0 unspecified atom stereocenters. The molecule has 7 heavy (non-hydrogen) atoms. The monoisotopic (exact) mass is 116 g/mol. The second-order valence-electron chi connectivity index (χ2n) is 0.777. The maximum Gasteiger partial charge on any atom is 0.452 e. The van der Waals surface area contributed by atoms with Crippen molar-refractivity contribution in [3.8, 4) is 0 Å². The highest BCUT2D eigenvalue weighted by Crippen LogP contribution is 2.25. The molecule has 0 saturated carbocycles. The van der Waals surface area contributed by atoms with Crippen LogP contribution < -0.4 is 0 Å².